The first-order chi connectivity index (χ1) is 7.89. The molecule has 0 atom stereocenters. The van der Waals surface area contributed by atoms with Gasteiger partial charge in [0, 0.05) is 5.56 Å². The first-order valence-electron chi connectivity index (χ1n) is 4.69. The quantitative estimate of drug-likeness (QED) is 0.699. The van der Waals surface area contributed by atoms with Crippen LogP contribution in [-0.2, 0) is 6.18 Å². The van der Waals surface area contributed by atoms with Crippen molar-refractivity contribution < 1.29 is 18.0 Å². The van der Waals surface area contributed by atoms with Crippen molar-refractivity contribution in [3.63, 3.8) is 0 Å². The van der Waals surface area contributed by atoms with Crippen LogP contribution >= 0.6 is 11.6 Å². The fourth-order valence-corrected chi connectivity index (χ4v) is 1.80. The molecule has 0 aliphatic rings. The van der Waals surface area contributed by atoms with Gasteiger partial charge in [-0.1, -0.05) is 18.2 Å². The third kappa shape index (κ3) is 2.26. The number of hydrogen-bond acceptors (Lipinski definition) is 1. The zero-order valence-electron chi connectivity index (χ0n) is 8.38. The zero-order chi connectivity index (χ0) is 12.6. The van der Waals surface area contributed by atoms with Gasteiger partial charge in [-0.2, -0.15) is 13.2 Å². The summed E-state index contributed by atoms with van der Waals surface area (Å²) in [5.41, 5.74) is -0.540. The smallest absolute Gasteiger partial charge is 0.276 e. The topological polar surface area (TPSA) is 17.1 Å². The molecule has 0 bridgehead atoms. The molecular formula is C12H6ClF3O. The standard InChI is InChI=1S/C12H6ClF3O/c13-11(17)10-3-1-2-7-6-8(12(14,15)16)4-5-9(7)10/h1-6H. The summed E-state index contributed by atoms with van der Waals surface area (Å²) < 4.78 is 37.4. The van der Waals surface area contributed by atoms with E-state index < -0.39 is 17.0 Å². The van der Waals surface area contributed by atoms with Gasteiger partial charge in [-0.25, -0.2) is 0 Å². The van der Waals surface area contributed by atoms with Crippen molar-refractivity contribution in [2.75, 3.05) is 0 Å². The van der Waals surface area contributed by atoms with E-state index in [9.17, 15) is 18.0 Å². The van der Waals surface area contributed by atoms with Gasteiger partial charge in [0.05, 0.1) is 5.56 Å². The van der Waals surface area contributed by atoms with Gasteiger partial charge in [0.2, 0.25) is 0 Å². The van der Waals surface area contributed by atoms with Gasteiger partial charge < -0.3 is 0 Å². The van der Waals surface area contributed by atoms with Gasteiger partial charge in [-0.15, -0.1) is 0 Å². The number of benzene rings is 2. The second-order valence-electron chi connectivity index (χ2n) is 3.51. The highest BCUT2D eigenvalue weighted by Gasteiger charge is 2.30. The van der Waals surface area contributed by atoms with Crippen LogP contribution in [0.5, 0.6) is 0 Å². The molecule has 0 aliphatic heterocycles. The van der Waals surface area contributed by atoms with Crippen LogP contribution in [0.15, 0.2) is 36.4 Å². The maximum atomic E-state index is 12.5. The van der Waals surface area contributed by atoms with E-state index in [2.05, 4.69) is 0 Å². The molecule has 0 amide bonds. The van der Waals surface area contributed by atoms with Crippen molar-refractivity contribution in [2.45, 2.75) is 6.18 Å². The molecule has 0 N–H and O–H groups in total. The number of alkyl halides is 3. The van der Waals surface area contributed by atoms with Gasteiger partial charge in [0.15, 0.2) is 0 Å². The second kappa shape index (κ2) is 4.04. The largest absolute Gasteiger partial charge is 0.416 e. The number of carbonyl (C=O) groups is 1. The second-order valence-corrected chi connectivity index (χ2v) is 3.86. The first-order valence-corrected chi connectivity index (χ1v) is 5.07. The lowest BCUT2D eigenvalue weighted by Gasteiger charge is -2.08. The predicted octanol–water partition coefficient (Wildman–Crippen LogP) is 4.24. The highest BCUT2D eigenvalue weighted by molar-refractivity contribution is 6.68. The Bertz CT molecular complexity index is 590. The van der Waals surface area contributed by atoms with Gasteiger partial charge >= 0.3 is 6.18 Å². The van der Waals surface area contributed by atoms with Crippen LogP contribution < -0.4 is 0 Å². The minimum absolute atomic E-state index is 0.206. The minimum Gasteiger partial charge on any atom is -0.276 e. The molecule has 88 valence electrons. The summed E-state index contributed by atoms with van der Waals surface area (Å²) in [5, 5.41) is 0.0715. The fraction of sp³-hybridized carbons (Fsp3) is 0.0833. The Kier molecular flexibility index (Phi) is 2.83. The van der Waals surface area contributed by atoms with Crippen molar-refractivity contribution in [3.8, 4) is 0 Å². The molecule has 0 saturated heterocycles. The van der Waals surface area contributed by atoms with Crippen molar-refractivity contribution in [1.82, 2.24) is 0 Å². The summed E-state index contributed by atoms with van der Waals surface area (Å²) in [5.74, 6) is 0. The molecule has 0 fully saturated rings. The third-order valence-corrected chi connectivity index (χ3v) is 2.62. The van der Waals surface area contributed by atoms with Crippen molar-refractivity contribution in [3.05, 3.63) is 47.5 Å². The average Bonchev–Trinajstić information content (AvgIpc) is 2.26. The molecule has 0 aromatic heterocycles. The van der Waals surface area contributed by atoms with E-state index in [4.69, 9.17) is 11.6 Å². The van der Waals surface area contributed by atoms with Gasteiger partial charge in [0.25, 0.3) is 5.24 Å². The molecule has 0 unspecified atom stereocenters. The highest BCUT2D eigenvalue weighted by atomic mass is 35.5. The fourth-order valence-electron chi connectivity index (χ4n) is 1.63. The Morgan fingerprint density at radius 1 is 1.12 bits per heavy atom. The summed E-state index contributed by atoms with van der Waals surface area (Å²) in [4.78, 5) is 11.1. The van der Waals surface area contributed by atoms with Gasteiger partial charge in [0.1, 0.15) is 0 Å². The SMILES string of the molecule is O=C(Cl)c1cccc2cc(C(F)(F)F)ccc12. The Hall–Kier alpha value is -1.55. The number of rotatable bonds is 1. The molecule has 2 aromatic carbocycles. The van der Waals surface area contributed by atoms with Crippen LogP contribution in [0, 0.1) is 0 Å². The molecule has 2 aromatic rings. The maximum Gasteiger partial charge on any atom is 0.416 e. The average molecular weight is 259 g/mol. The summed E-state index contributed by atoms with van der Waals surface area (Å²) in [6, 6.07) is 7.68. The van der Waals surface area contributed by atoms with E-state index in [0.29, 0.717) is 10.8 Å². The van der Waals surface area contributed by atoms with E-state index >= 15 is 0 Å². The van der Waals surface area contributed by atoms with Gasteiger partial charge in [-0.3, -0.25) is 4.79 Å². The molecule has 5 heteroatoms. The van der Waals surface area contributed by atoms with Crippen LogP contribution in [-0.4, -0.2) is 5.24 Å². The maximum absolute atomic E-state index is 12.5. The van der Waals surface area contributed by atoms with Crippen LogP contribution in [0.4, 0.5) is 13.2 Å². The van der Waals surface area contributed by atoms with Gasteiger partial charge in [-0.05, 0) is 40.6 Å². The highest BCUT2D eigenvalue weighted by Crippen LogP contribution is 2.32. The Morgan fingerprint density at radius 2 is 1.82 bits per heavy atom. The zero-order valence-corrected chi connectivity index (χ0v) is 9.14. The lowest BCUT2D eigenvalue weighted by Crippen LogP contribution is -2.04. The molecular weight excluding hydrogens is 253 g/mol. The van der Waals surface area contributed by atoms with Crippen molar-refractivity contribution in [1.29, 1.82) is 0 Å². The molecule has 0 spiro atoms. The molecule has 0 heterocycles. The number of carbonyl (C=O) groups excluding carboxylic acids is 1. The molecule has 0 saturated carbocycles. The number of fused-ring (bicyclic) bond motifs is 1. The van der Waals surface area contributed by atoms with E-state index in [1.165, 1.54) is 24.3 Å². The predicted molar refractivity (Wildman–Crippen MR) is 59.1 cm³/mol. The summed E-state index contributed by atoms with van der Waals surface area (Å²) in [7, 11) is 0. The molecule has 0 aliphatic carbocycles. The Balaban J connectivity index is 2.69. The van der Waals surface area contributed by atoms with E-state index in [1.54, 1.807) is 0 Å². The molecule has 2 rings (SSSR count). The summed E-state index contributed by atoms with van der Waals surface area (Å²) in [6.07, 6.45) is -4.39. The Morgan fingerprint density at radius 3 is 2.41 bits per heavy atom. The molecule has 0 radical (unpaired) electrons. The van der Waals surface area contributed by atoms with Crippen LogP contribution in [0.25, 0.3) is 10.8 Å². The van der Waals surface area contributed by atoms with E-state index in [1.807, 2.05) is 0 Å². The monoisotopic (exact) mass is 258 g/mol. The number of halogens is 4. The lowest BCUT2D eigenvalue weighted by molar-refractivity contribution is -0.137. The van der Waals surface area contributed by atoms with E-state index in [0.717, 1.165) is 12.1 Å². The summed E-state index contributed by atoms with van der Waals surface area (Å²) >= 11 is 5.35. The first kappa shape index (κ1) is 11.9. The van der Waals surface area contributed by atoms with E-state index in [-0.39, 0.29) is 5.56 Å². The molecule has 1 nitrogen and oxygen atoms in total. The Labute approximate surface area is 99.8 Å². The molecule has 17 heavy (non-hydrogen) atoms. The minimum atomic E-state index is -4.39. The lowest BCUT2D eigenvalue weighted by atomic mass is 10.0. The van der Waals surface area contributed by atoms with Crippen molar-refractivity contribution in [2.24, 2.45) is 0 Å². The summed E-state index contributed by atoms with van der Waals surface area (Å²) in [6.45, 7) is 0. The third-order valence-electron chi connectivity index (χ3n) is 2.42. The van der Waals surface area contributed by atoms with Crippen LogP contribution in [0.3, 0.4) is 0 Å². The number of hydrogen-bond donors (Lipinski definition) is 0. The van der Waals surface area contributed by atoms with Crippen LogP contribution in [0.2, 0.25) is 0 Å². The van der Waals surface area contributed by atoms with Crippen LogP contribution in [0.1, 0.15) is 15.9 Å². The normalized spacial score (nSPS) is 11.8. The van der Waals surface area contributed by atoms with Crippen molar-refractivity contribution >= 4 is 27.6 Å².